The van der Waals surface area contributed by atoms with Crippen molar-refractivity contribution in [1.29, 1.82) is 0 Å². The lowest BCUT2D eigenvalue weighted by molar-refractivity contribution is -0.128. The number of piperazine rings is 1. The molecule has 1 saturated heterocycles. The molecular formula is C18H28ClN5O. The minimum Gasteiger partial charge on any atom is -0.368 e. The zero-order chi connectivity index (χ0) is 18.2. The Labute approximate surface area is 155 Å². The fraction of sp³-hybridized carbons (Fsp3) is 0.556. The molecule has 1 aliphatic rings. The van der Waals surface area contributed by atoms with E-state index in [9.17, 15) is 4.79 Å². The van der Waals surface area contributed by atoms with Gasteiger partial charge >= 0.3 is 0 Å². The summed E-state index contributed by atoms with van der Waals surface area (Å²) < 4.78 is 0. The van der Waals surface area contributed by atoms with E-state index in [0.717, 1.165) is 49.4 Å². The maximum Gasteiger partial charge on any atom is 0.223 e. The number of hydrogen-bond acceptors (Lipinski definition) is 3. The number of amides is 1. The molecule has 7 heteroatoms. The molecule has 0 spiro atoms. The minimum atomic E-state index is 0.102. The summed E-state index contributed by atoms with van der Waals surface area (Å²) in [7, 11) is 3.54. The molecule has 1 amide bonds. The average molecular weight is 366 g/mol. The van der Waals surface area contributed by atoms with E-state index in [1.807, 2.05) is 18.2 Å². The van der Waals surface area contributed by atoms with Crippen LogP contribution in [0.2, 0.25) is 5.02 Å². The molecule has 0 aliphatic carbocycles. The second-order valence-corrected chi connectivity index (χ2v) is 6.66. The first kappa shape index (κ1) is 19.4. The van der Waals surface area contributed by atoms with Crippen LogP contribution in [0.3, 0.4) is 0 Å². The van der Waals surface area contributed by atoms with Crippen molar-refractivity contribution in [3.8, 4) is 0 Å². The number of rotatable bonds is 5. The molecule has 0 atom stereocenters. The summed E-state index contributed by atoms with van der Waals surface area (Å²) in [6, 6.07) is 7.97. The Balaban J connectivity index is 1.92. The predicted molar refractivity (Wildman–Crippen MR) is 105 cm³/mol. The topological polar surface area (TPSA) is 51.2 Å². The number of carbonyl (C=O) groups is 1. The lowest BCUT2D eigenvalue weighted by atomic mass is 10.2. The lowest BCUT2D eigenvalue weighted by Gasteiger charge is -2.37. The number of anilines is 1. The number of halogens is 1. The van der Waals surface area contributed by atoms with E-state index in [1.165, 1.54) is 0 Å². The lowest BCUT2D eigenvalue weighted by Crippen LogP contribution is -2.52. The van der Waals surface area contributed by atoms with Crippen LogP contribution in [0.4, 0.5) is 5.69 Å². The average Bonchev–Trinajstić information content (AvgIpc) is 2.61. The molecule has 1 aliphatic heterocycles. The van der Waals surface area contributed by atoms with Crippen molar-refractivity contribution < 1.29 is 4.79 Å². The Bertz CT molecular complexity index is 597. The van der Waals surface area contributed by atoms with Crippen molar-refractivity contribution in [2.75, 3.05) is 58.3 Å². The fourth-order valence-corrected chi connectivity index (χ4v) is 2.94. The highest BCUT2D eigenvalue weighted by molar-refractivity contribution is 6.30. The molecule has 1 fully saturated rings. The van der Waals surface area contributed by atoms with Gasteiger partial charge in [-0.3, -0.25) is 9.79 Å². The highest BCUT2D eigenvalue weighted by Crippen LogP contribution is 2.20. The van der Waals surface area contributed by atoms with Gasteiger partial charge in [-0.05, 0) is 25.1 Å². The van der Waals surface area contributed by atoms with Crippen LogP contribution < -0.4 is 10.2 Å². The van der Waals surface area contributed by atoms with E-state index in [-0.39, 0.29) is 5.91 Å². The summed E-state index contributed by atoms with van der Waals surface area (Å²) in [5.74, 6) is 0.991. The van der Waals surface area contributed by atoms with Gasteiger partial charge < -0.3 is 20.0 Å². The first-order chi connectivity index (χ1) is 12.0. The first-order valence-corrected chi connectivity index (χ1v) is 9.13. The summed E-state index contributed by atoms with van der Waals surface area (Å²) >= 11 is 6.09. The summed E-state index contributed by atoms with van der Waals surface area (Å²) in [6.07, 6.45) is 0.435. The molecular weight excluding hydrogens is 338 g/mol. The van der Waals surface area contributed by atoms with E-state index >= 15 is 0 Å². The third-order valence-corrected chi connectivity index (χ3v) is 4.41. The second-order valence-electron chi connectivity index (χ2n) is 6.23. The molecule has 0 aromatic heterocycles. The van der Waals surface area contributed by atoms with Gasteiger partial charge in [0, 0.05) is 63.9 Å². The molecule has 1 aromatic rings. The number of guanidine groups is 1. The van der Waals surface area contributed by atoms with Gasteiger partial charge in [0.15, 0.2) is 5.96 Å². The standard InChI is InChI=1S/C18H28ClN5O/c1-4-20-18(21-9-8-17(25)22(2)3)24-12-10-23(11-13-24)16-7-5-6-15(19)14-16/h5-7,14H,4,8-13H2,1-3H3,(H,20,21). The Morgan fingerprint density at radius 2 is 2.00 bits per heavy atom. The van der Waals surface area contributed by atoms with E-state index in [2.05, 4.69) is 33.1 Å². The first-order valence-electron chi connectivity index (χ1n) is 8.75. The van der Waals surface area contributed by atoms with E-state index < -0.39 is 0 Å². The molecule has 0 radical (unpaired) electrons. The Morgan fingerprint density at radius 3 is 2.60 bits per heavy atom. The van der Waals surface area contributed by atoms with Crippen LogP contribution in [-0.2, 0) is 4.79 Å². The van der Waals surface area contributed by atoms with Gasteiger partial charge in [-0.2, -0.15) is 0 Å². The maximum absolute atomic E-state index is 11.7. The van der Waals surface area contributed by atoms with Crippen LogP contribution in [0.1, 0.15) is 13.3 Å². The largest absolute Gasteiger partial charge is 0.368 e. The van der Waals surface area contributed by atoms with Gasteiger partial charge in [-0.1, -0.05) is 17.7 Å². The normalized spacial score (nSPS) is 15.3. The fourth-order valence-electron chi connectivity index (χ4n) is 2.76. The van der Waals surface area contributed by atoms with Crippen LogP contribution >= 0.6 is 11.6 Å². The predicted octanol–water partition coefficient (Wildman–Crippen LogP) is 1.91. The maximum atomic E-state index is 11.7. The summed E-state index contributed by atoms with van der Waals surface area (Å²) in [4.78, 5) is 22.5. The zero-order valence-electron chi connectivity index (χ0n) is 15.3. The molecule has 0 saturated carbocycles. The Morgan fingerprint density at radius 1 is 1.28 bits per heavy atom. The summed E-state index contributed by atoms with van der Waals surface area (Å²) in [6.45, 7) is 6.99. The van der Waals surface area contributed by atoms with Crippen LogP contribution in [-0.4, -0.2) is 75.0 Å². The molecule has 0 bridgehead atoms. The number of nitrogens with zero attached hydrogens (tertiary/aromatic N) is 4. The third kappa shape index (κ3) is 5.81. The smallest absolute Gasteiger partial charge is 0.223 e. The second kappa shape index (κ2) is 9.51. The Hall–Kier alpha value is -1.95. The number of benzene rings is 1. The number of carbonyl (C=O) groups excluding carboxylic acids is 1. The van der Waals surface area contributed by atoms with Crippen molar-refractivity contribution in [2.24, 2.45) is 4.99 Å². The van der Waals surface area contributed by atoms with E-state index in [4.69, 9.17) is 11.6 Å². The zero-order valence-corrected chi connectivity index (χ0v) is 16.1. The Kier molecular flexibility index (Phi) is 7.37. The number of nitrogens with one attached hydrogen (secondary N) is 1. The molecule has 2 rings (SSSR count). The van der Waals surface area contributed by atoms with Crippen molar-refractivity contribution in [2.45, 2.75) is 13.3 Å². The van der Waals surface area contributed by atoms with Crippen LogP contribution in [0, 0.1) is 0 Å². The van der Waals surface area contributed by atoms with Gasteiger partial charge in [-0.25, -0.2) is 0 Å². The van der Waals surface area contributed by atoms with Crippen LogP contribution in [0.15, 0.2) is 29.3 Å². The van der Waals surface area contributed by atoms with Gasteiger partial charge in [0.1, 0.15) is 0 Å². The highest BCUT2D eigenvalue weighted by atomic mass is 35.5. The molecule has 138 valence electrons. The van der Waals surface area contributed by atoms with Crippen LogP contribution in [0.25, 0.3) is 0 Å². The van der Waals surface area contributed by atoms with Gasteiger partial charge in [-0.15, -0.1) is 0 Å². The number of hydrogen-bond donors (Lipinski definition) is 1. The molecule has 25 heavy (non-hydrogen) atoms. The van der Waals surface area contributed by atoms with Gasteiger partial charge in [0.05, 0.1) is 6.54 Å². The van der Waals surface area contributed by atoms with Gasteiger partial charge in [0.25, 0.3) is 0 Å². The molecule has 1 N–H and O–H groups in total. The quantitative estimate of drug-likeness (QED) is 0.639. The van der Waals surface area contributed by atoms with Crippen LogP contribution in [0.5, 0.6) is 0 Å². The van der Waals surface area contributed by atoms with Crippen molar-refractivity contribution >= 4 is 29.2 Å². The van der Waals surface area contributed by atoms with Gasteiger partial charge in [0.2, 0.25) is 5.91 Å². The third-order valence-electron chi connectivity index (χ3n) is 4.17. The van der Waals surface area contributed by atoms with E-state index in [1.54, 1.807) is 19.0 Å². The van der Waals surface area contributed by atoms with Crippen molar-refractivity contribution in [1.82, 2.24) is 15.1 Å². The molecule has 1 heterocycles. The minimum absolute atomic E-state index is 0.102. The van der Waals surface area contributed by atoms with Crippen molar-refractivity contribution in [3.05, 3.63) is 29.3 Å². The number of aliphatic imine (C=N–C) groups is 1. The summed E-state index contributed by atoms with van der Waals surface area (Å²) in [5, 5.41) is 4.09. The SMILES string of the molecule is CCNC(=NCCC(=O)N(C)C)N1CCN(c2cccc(Cl)c2)CC1. The highest BCUT2D eigenvalue weighted by Gasteiger charge is 2.20. The van der Waals surface area contributed by atoms with Crippen molar-refractivity contribution in [3.63, 3.8) is 0 Å². The molecule has 6 nitrogen and oxygen atoms in total. The molecule has 1 aromatic carbocycles. The molecule has 0 unspecified atom stereocenters. The van der Waals surface area contributed by atoms with E-state index in [0.29, 0.717) is 13.0 Å². The monoisotopic (exact) mass is 365 g/mol. The summed E-state index contributed by atoms with van der Waals surface area (Å²) in [5.41, 5.74) is 1.16.